The Morgan fingerprint density at radius 3 is 3.08 bits per heavy atom. The lowest BCUT2D eigenvalue weighted by Gasteiger charge is -2.26. The number of hydrogen-bond acceptors (Lipinski definition) is 4. The van der Waals surface area contributed by atoms with Gasteiger partial charge in [-0.15, -0.1) is 0 Å². The lowest BCUT2D eigenvalue weighted by atomic mass is 9.74. The number of aliphatic hydroxyl groups is 1. The zero-order chi connectivity index (χ0) is 17.4. The summed E-state index contributed by atoms with van der Waals surface area (Å²) in [6, 6.07) is 5.79. The second-order valence-electron chi connectivity index (χ2n) is 6.69. The predicted octanol–water partition coefficient (Wildman–Crippen LogP) is 3.07. The van der Waals surface area contributed by atoms with Gasteiger partial charge in [0.2, 0.25) is 5.91 Å². The topological polar surface area (TPSA) is 75.1 Å². The van der Waals surface area contributed by atoms with Gasteiger partial charge < -0.3 is 10.4 Å². The Balaban J connectivity index is 1.83. The third-order valence-electron chi connectivity index (χ3n) is 4.91. The van der Waals surface area contributed by atoms with E-state index in [9.17, 15) is 9.90 Å². The zero-order valence-electron chi connectivity index (χ0n) is 14.0. The number of carbonyl (C=O) groups is 1. The minimum atomic E-state index is -0.636. The van der Waals surface area contributed by atoms with Gasteiger partial charge in [0.1, 0.15) is 5.82 Å². The summed E-state index contributed by atoms with van der Waals surface area (Å²) in [5, 5.41) is 12.3. The van der Waals surface area contributed by atoms with Crippen molar-refractivity contribution < 1.29 is 9.90 Å². The largest absolute Gasteiger partial charge is 0.392 e. The number of carbonyl (C=O) groups excluding carboxylic acids is 1. The fourth-order valence-electron chi connectivity index (χ4n) is 3.72. The molecule has 126 valence electrons. The SMILES string of the molecule is C/C1=C\c2ncc(CO)cc2/C=C/CC2(C1)C(=O)Nc1ncccc12. The molecule has 0 saturated carbocycles. The molecule has 2 aromatic rings. The fourth-order valence-corrected chi connectivity index (χ4v) is 3.72. The molecular weight excluding hydrogens is 314 g/mol. The number of anilines is 1. The number of nitrogens with zero attached hydrogens (tertiary/aromatic N) is 2. The molecule has 0 radical (unpaired) electrons. The molecule has 0 bridgehead atoms. The quantitative estimate of drug-likeness (QED) is 0.841. The van der Waals surface area contributed by atoms with E-state index < -0.39 is 5.41 Å². The van der Waals surface area contributed by atoms with Crippen LogP contribution in [0.5, 0.6) is 0 Å². The number of nitrogens with one attached hydrogen (secondary N) is 1. The van der Waals surface area contributed by atoms with Crippen LogP contribution in [0.4, 0.5) is 5.82 Å². The van der Waals surface area contributed by atoms with Crippen LogP contribution in [0.1, 0.15) is 42.1 Å². The summed E-state index contributed by atoms with van der Waals surface area (Å²) in [6.45, 7) is 1.99. The summed E-state index contributed by atoms with van der Waals surface area (Å²) in [5.41, 5.74) is 3.98. The van der Waals surface area contributed by atoms with Gasteiger partial charge >= 0.3 is 0 Å². The molecule has 1 spiro atoms. The van der Waals surface area contributed by atoms with Crippen LogP contribution in [-0.2, 0) is 16.8 Å². The molecule has 1 unspecified atom stereocenters. The molecule has 0 fully saturated rings. The summed E-state index contributed by atoms with van der Waals surface area (Å²) in [7, 11) is 0. The average Bonchev–Trinajstić information content (AvgIpc) is 2.91. The summed E-state index contributed by atoms with van der Waals surface area (Å²) in [6.07, 6.45) is 10.6. The molecule has 1 atom stereocenters. The van der Waals surface area contributed by atoms with Gasteiger partial charge in [0, 0.05) is 23.5 Å². The van der Waals surface area contributed by atoms with Crippen molar-refractivity contribution >= 4 is 23.9 Å². The van der Waals surface area contributed by atoms with Crippen LogP contribution in [0, 0.1) is 0 Å². The monoisotopic (exact) mass is 333 g/mol. The molecular formula is C20H19N3O2. The summed E-state index contributed by atoms with van der Waals surface area (Å²) < 4.78 is 0. The van der Waals surface area contributed by atoms with E-state index in [1.54, 1.807) is 12.4 Å². The maximum Gasteiger partial charge on any atom is 0.236 e. The van der Waals surface area contributed by atoms with E-state index in [4.69, 9.17) is 0 Å². The van der Waals surface area contributed by atoms with Crippen molar-refractivity contribution in [3.8, 4) is 0 Å². The van der Waals surface area contributed by atoms with Crippen molar-refractivity contribution in [3.63, 3.8) is 0 Å². The van der Waals surface area contributed by atoms with E-state index >= 15 is 0 Å². The van der Waals surface area contributed by atoms with Crippen molar-refractivity contribution in [2.24, 2.45) is 0 Å². The Labute approximate surface area is 146 Å². The van der Waals surface area contributed by atoms with Crippen molar-refractivity contribution in [3.05, 3.63) is 64.6 Å². The van der Waals surface area contributed by atoms with Crippen molar-refractivity contribution in [1.29, 1.82) is 0 Å². The van der Waals surface area contributed by atoms with E-state index in [-0.39, 0.29) is 12.5 Å². The number of allylic oxidation sites excluding steroid dienone is 2. The standard InChI is InChI=1S/C20H19N3O2/c1-13-8-17-15(9-14(12-24)11-22-17)4-2-6-20(10-13)16-5-3-7-21-18(16)23-19(20)25/h2-5,7-9,11,24H,6,10,12H2,1H3,(H,21,23,25)/b4-2+,13-8+. The van der Waals surface area contributed by atoms with Crippen LogP contribution >= 0.6 is 0 Å². The zero-order valence-corrected chi connectivity index (χ0v) is 14.0. The minimum absolute atomic E-state index is 0.00596. The average molecular weight is 333 g/mol. The molecule has 1 aliphatic carbocycles. The van der Waals surface area contributed by atoms with Gasteiger partial charge in [0.15, 0.2) is 0 Å². The third-order valence-corrected chi connectivity index (χ3v) is 4.91. The molecule has 2 N–H and O–H groups in total. The molecule has 2 aliphatic rings. The van der Waals surface area contributed by atoms with Gasteiger partial charge in [-0.2, -0.15) is 0 Å². The van der Waals surface area contributed by atoms with E-state index in [1.807, 2.05) is 43.4 Å². The second kappa shape index (κ2) is 5.93. The molecule has 4 rings (SSSR count). The minimum Gasteiger partial charge on any atom is -0.392 e. The molecule has 2 aromatic heterocycles. The maximum absolute atomic E-state index is 12.8. The number of aromatic nitrogens is 2. The molecule has 25 heavy (non-hydrogen) atoms. The van der Waals surface area contributed by atoms with Gasteiger partial charge in [-0.25, -0.2) is 4.98 Å². The number of aliphatic hydroxyl groups excluding tert-OH is 1. The Hall–Kier alpha value is -2.79. The highest BCUT2D eigenvalue weighted by Crippen LogP contribution is 2.44. The molecule has 1 amide bonds. The van der Waals surface area contributed by atoms with Crippen LogP contribution in [0.3, 0.4) is 0 Å². The molecule has 5 nitrogen and oxygen atoms in total. The van der Waals surface area contributed by atoms with E-state index in [0.29, 0.717) is 18.7 Å². The first-order valence-corrected chi connectivity index (χ1v) is 8.33. The molecule has 0 saturated heterocycles. The highest BCUT2D eigenvalue weighted by atomic mass is 16.3. The van der Waals surface area contributed by atoms with Crippen molar-refractivity contribution in [2.45, 2.75) is 31.8 Å². The van der Waals surface area contributed by atoms with Gasteiger partial charge in [-0.3, -0.25) is 9.78 Å². The van der Waals surface area contributed by atoms with Crippen LogP contribution in [0.25, 0.3) is 12.2 Å². The summed E-state index contributed by atoms with van der Waals surface area (Å²) in [5.74, 6) is 0.653. The first-order chi connectivity index (χ1) is 12.1. The second-order valence-corrected chi connectivity index (χ2v) is 6.69. The Bertz CT molecular complexity index is 917. The number of amides is 1. The molecule has 1 aliphatic heterocycles. The smallest absolute Gasteiger partial charge is 0.236 e. The highest BCUT2D eigenvalue weighted by molar-refractivity contribution is 6.05. The van der Waals surface area contributed by atoms with E-state index in [2.05, 4.69) is 15.3 Å². The normalized spacial score (nSPS) is 25.0. The first kappa shape index (κ1) is 15.7. The van der Waals surface area contributed by atoms with Gasteiger partial charge in [0.25, 0.3) is 0 Å². The van der Waals surface area contributed by atoms with Crippen LogP contribution in [-0.4, -0.2) is 21.0 Å². The molecule has 5 heteroatoms. The number of fused-ring (bicyclic) bond motifs is 3. The highest BCUT2D eigenvalue weighted by Gasteiger charge is 2.46. The van der Waals surface area contributed by atoms with Crippen LogP contribution in [0.2, 0.25) is 0 Å². The van der Waals surface area contributed by atoms with Gasteiger partial charge in [0.05, 0.1) is 17.7 Å². The fraction of sp³-hybridized carbons (Fsp3) is 0.250. The molecule has 3 heterocycles. The number of pyridine rings is 2. The van der Waals surface area contributed by atoms with Crippen LogP contribution in [0.15, 0.2) is 42.2 Å². The summed E-state index contributed by atoms with van der Waals surface area (Å²) >= 11 is 0. The number of hydrogen-bond donors (Lipinski definition) is 2. The van der Waals surface area contributed by atoms with Crippen molar-refractivity contribution in [1.82, 2.24) is 9.97 Å². The molecule has 0 aromatic carbocycles. The first-order valence-electron chi connectivity index (χ1n) is 8.33. The predicted molar refractivity (Wildman–Crippen MR) is 96.6 cm³/mol. The Morgan fingerprint density at radius 1 is 1.36 bits per heavy atom. The van der Waals surface area contributed by atoms with Crippen LogP contribution < -0.4 is 5.32 Å². The third kappa shape index (κ3) is 2.57. The van der Waals surface area contributed by atoms with E-state index in [0.717, 1.165) is 28.0 Å². The summed E-state index contributed by atoms with van der Waals surface area (Å²) in [4.78, 5) is 21.6. The lowest BCUT2D eigenvalue weighted by molar-refractivity contribution is -0.120. The number of rotatable bonds is 1. The van der Waals surface area contributed by atoms with Gasteiger partial charge in [-0.1, -0.05) is 23.8 Å². The Kier molecular flexibility index (Phi) is 3.73. The maximum atomic E-state index is 12.8. The lowest BCUT2D eigenvalue weighted by Crippen LogP contribution is -2.34. The van der Waals surface area contributed by atoms with Gasteiger partial charge in [-0.05, 0) is 43.5 Å². The van der Waals surface area contributed by atoms with Crippen molar-refractivity contribution in [2.75, 3.05) is 5.32 Å². The Morgan fingerprint density at radius 2 is 2.24 bits per heavy atom. The van der Waals surface area contributed by atoms with E-state index in [1.165, 1.54) is 0 Å².